The van der Waals surface area contributed by atoms with Crippen molar-refractivity contribution in [1.82, 2.24) is 9.97 Å². The summed E-state index contributed by atoms with van der Waals surface area (Å²) in [5.74, 6) is -2.54. The van der Waals surface area contributed by atoms with Crippen LogP contribution in [0.2, 0.25) is 5.02 Å². The molecule has 0 amide bonds. The van der Waals surface area contributed by atoms with Gasteiger partial charge in [-0.2, -0.15) is 0 Å². The molecule has 0 fully saturated rings. The first-order valence-corrected chi connectivity index (χ1v) is 6.13. The molecule has 2 aromatic rings. The highest BCUT2D eigenvalue weighted by molar-refractivity contribution is 6.31. The van der Waals surface area contributed by atoms with E-state index in [1.165, 1.54) is 13.2 Å². The van der Waals surface area contributed by atoms with Crippen LogP contribution >= 0.6 is 11.6 Å². The molecule has 0 aliphatic rings. The molecule has 1 heterocycles. The second-order valence-electron chi connectivity index (χ2n) is 4.20. The Labute approximate surface area is 124 Å². The molecule has 0 radical (unpaired) electrons. The lowest BCUT2D eigenvalue weighted by Crippen LogP contribution is -2.10. The Morgan fingerprint density at radius 3 is 2.67 bits per heavy atom. The predicted molar refractivity (Wildman–Crippen MR) is 75.1 cm³/mol. The number of nitrogens with two attached hydrogens (primary N) is 1. The van der Waals surface area contributed by atoms with Crippen LogP contribution in [-0.2, 0) is 0 Å². The second-order valence-corrected chi connectivity index (χ2v) is 4.61. The molecular formula is C13H11ClFN3O3. The number of ether oxygens (including phenoxy) is 1. The van der Waals surface area contributed by atoms with Gasteiger partial charge in [0.2, 0.25) is 0 Å². The van der Waals surface area contributed by atoms with Crippen molar-refractivity contribution in [3.63, 3.8) is 0 Å². The van der Waals surface area contributed by atoms with Crippen molar-refractivity contribution in [3.8, 4) is 17.1 Å². The zero-order valence-electron chi connectivity index (χ0n) is 11.1. The molecule has 0 saturated heterocycles. The third kappa shape index (κ3) is 2.73. The lowest BCUT2D eigenvalue weighted by atomic mass is 10.1. The number of anilines is 1. The highest BCUT2D eigenvalue weighted by Gasteiger charge is 2.21. The Morgan fingerprint density at radius 1 is 1.43 bits per heavy atom. The van der Waals surface area contributed by atoms with E-state index in [1.54, 1.807) is 6.92 Å². The fraction of sp³-hybridized carbons (Fsp3) is 0.154. The number of carboxylic acid groups (broad SMARTS) is 1. The minimum Gasteiger partial charge on any atom is -0.491 e. The first-order chi connectivity index (χ1) is 9.85. The number of nitrogen functional groups attached to an aromatic ring is 1. The number of carboxylic acids is 1. The SMILES string of the molecule is COc1c(N)nc(-c2cc(C)c(Cl)cc2F)nc1C(=O)O. The average molecular weight is 312 g/mol. The van der Waals surface area contributed by atoms with Crippen molar-refractivity contribution in [2.75, 3.05) is 12.8 Å². The van der Waals surface area contributed by atoms with Crippen LogP contribution in [0.1, 0.15) is 16.1 Å². The van der Waals surface area contributed by atoms with Gasteiger partial charge in [-0.3, -0.25) is 0 Å². The molecule has 3 N–H and O–H groups in total. The number of hydrogen-bond acceptors (Lipinski definition) is 5. The van der Waals surface area contributed by atoms with E-state index in [0.29, 0.717) is 5.56 Å². The third-order valence-electron chi connectivity index (χ3n) is 2.79. The van der Waals surface area contributed by atoms with E-state index >= 15 is 0 Å². The standard InChI is InChI=1S/C13H11ClFN3O3/c1-5-3-6(8(15)4-7(5)14)12-17-9(13(19)20)10(21-2)11(16)18-12/h3-4H,1-2H3,(H,19,20)(H2,16,17,18). The zero-order valence-corrected chi connectivity index (χ0v) is 11.9. The van der Waals surface area contributed by atoms with Crippen molar-refractivity contribution in [2.24, 2.45) is 0 Å². The molecule has 21 heavy (non-hydrogen) atoms. The molecule has 8 heteroatoms. The number of aromatic carboxylic acids is 1. The number of aromatic nitrogens is 2. The Hall–Kier alpha value is -2.41. The van der Waals surface area contributed by atoms with Crippen molar-refractivity contribution >= 4 is 23.4 Å². The molecule has 110 valence electrons. The van der Waals surface area contributed by atoms with Crippen LogP contribution in [0, 0.1) is 12.7 Å². The zero-order chi connectivity index (χ0) is 15.7. The highest BCUT2D eigenvalue weighted by atomic mass is 35.5. The van der Waals surface area contributed by atoms with Crippen LogP contribution in [0.3, 0.4) is 0 Å². The predicted octanol–water partition coefficient (Wildman–Crippen LogP) is 2.53. The van der Waals surface area contributed by atoms with Gasteiger partial charge >= 0.3 is 5.97 Å². The Balaban J connectivity index is 2.71. The summed E-state index contributed by atoms with van der Waals surface area (Å²) < 4.78 is 18.8. The number of carbonyl (C=O) groups is 1. The third-order valence-corrected chi connectivity index (χ3v) is 3.19. The number of rotatable bonds is 3. The summed E-state index contributed by atoms with van der Waals surface area (Å²) in [6, 6.07) is 2.53. The summed E-state index contributed by atoms with van der Waals surface area (Å²) in [4.78, 5) is 18.9. The summed E-state index contributed by atoms with van der Waals surface area (Å²) in [6.07, 6.45) is 0. The smallest absolute Gasteiger partial charge is 0.358 e. The molecule has 2 rings (SSSR count). The molecule has 0 unspecified atom stereocenters. The second kappa shape index (κ2) is 5.53. The molecular weight excluding hydrogens is 301 g/mol. The van der Waals surface area contributed by atoms with E-state index in [1.807, 2.05) is 0 Å². The van der Waals surface area contributed by atoms with Gasteiger partial charge in [0.1, 0.15) is 5.82 Å². The lowest BCUT2D eigenvalue weighted by molar-refractivity contribution is 0.0686. The van der Waals surface area contributed by atoms with Crippen molar-refractivity contribution < 1.29 is 19.0 Å². The highest BCUT2D eigenvalue weighted by Crippen LogP contribution is 2.30. The monoisotopic (exact) mass is 311 g/mol. The molecule has 0 aliphatic carbocycles. The summed E-state index contributed by atoms with van der Waals surface area (Å²) >= 11 is 5.81. The van der Waals surface area contributed by atoms with E-state index < -0.39 is 17.5 Å². The topological polar surface area (TPSA) is 98.3 Å². The van der Waals surface area contributed by atoms with Gasteiger partial charge in [0.05, 0.1) is 12.7 Å². The minimum atomic E-state index is -1.35. The van der Waals surface area contributed by atoms with Gasteiger partial charge in [0, 0.05) is 5.02 Å². The molecule has 0 saturated carbocycles. The summed E-state index contributed by atoms with van der Waals surface area (Å²) in [5.41, 5.74) is 5.81. The molecule has 0 spiro atoms. The molecule has 1 aromatic carbocycles. The van der Waals surface area contributed by atoms with Gasteiger partial charge in [-0.1, -0.05) is 11.6 Å². The summed E-state index contributed by atoms with van der Waals surface area (Å²) in [5, 5.41) is 9.37. The normalized spacial score (nSPS) is 10.5. The summed E-state index contributed by atoms with van der Waals surface area (Å²) in [6.45, 7) is 1.68. The first-order valence-electron chi connectivity index (χ1n) is 5.76. The van der Waals surface area contributed by atoms with Gasteiger partial charge in [0.15, 0.2) is 23.1 Å². The first kappa shape index (κ1) is 15.0. The molecule has 1 aromatic heterocycles. The molecule has 0 atom stereocenters. The van der Waals surface area contributed by atoms with Gasteiger partial charge in [0.25, 0.3) is 0 Å². The number of benzene rings is 1. The van der Waals surface area contributed by atoms with Crippen LogP contribution in [0.4, 0.5) is 10.2 Å². The Bertz CT molecular complexity index is 737. The maximum atomic E-state index is 14.0. The summed E-state index contributed by atoms with van der Waals surface area (Å²) in [7, 11) is 1.24. The maximum absolute atomic E-state index is 14.0. The number of methoxy groups -OCH3 is 1. The fourth-order valence-corrected chi connectivity index (χ4v) is 1.91. The van der Waals surface area contributed by atoms with E-state index in [0.717, 1.165) is 6.07 Å². The van der Waals surface area contributed by atoms with Crippen LogP contribution in [0.25, 0.3) is 11.4 Å². The molecule has 0 aliphatic heterocycles. The lowest BCUT2D eigenvalue weighted by Gasteiger charge is -2.10. The Morgan fingerprint density at radius 2 is 2.10 bits per heavy atom. The number of hydrogen-bond donors (Lipinski definition) is 2. The average Bonchev–Trinajstić information content (AvgIpc) is 2.41. The number of halogens is 2. The van der Waals surface area contributed by atoms with Crippen LogP contribution in [-0.4, -0.2) is 28.2 Å². The largest absolute Gasteiger partial charge is 0.491 e. The van der Waals surface area contributed by atoms with Gasteiger partial charge in [-0.05, 0) is 24.6 Å². The molecule has 0 bridgehead atoms. The van der Waals surface area contributed by atoms with Crippen molar-refractivity contribution in [1.29, 1.82) is 0 Å². The van der Waals surface area contributed by atoms with E-state index in [2.05, 4.69) is 9.97 Å². The van der Waals surface area contributed by atoms with E-state index in [9.17, 15) is 9.18 Å². The van der Waals surface area contributed by atoms with Crippen LogP contribution in [0.5, 0.6) is 5.75 Å². The minimum absolute atomic E-state index is 0.00810. The molecule has 6 nitrogen and oxygen atoms in total. The van der Waals surface area contributed by atoms with Gasteiger partial charge in [-0.25, -0.2) is 19.2 Å². The number of nitrogens with zero attached hydrogens (tertiary/aromatic N) is 2. The number of aryl methyl sites for hydroxylation is 1. The van der Waals surface area contributed by atoms with Gasteiger partial charge < -0.3 is 15.6 Å². The van der Waals surface area contributed by atoms with Crippen molar-refractivity contribution in [3.05, 3.63) is 34.2 Å². The van der Waals surface area contributed by atoms with Crippen molar-refractivity contribution in [2.45, 2.75) is 6.92 Å². The van der Waals surface area contributed by atoms with Crippen LogP contribution < -0.4 is 10.5 Å². The van der Waals surface area contributed by atoms with E-state index in [4.69, 9.17) is 27.2 Å². The maximum Gasteiger partial charge on any atom is 0.358 e. The van der Waals surface area contributed by atoms with E-state index in [-0.39, 0.29) is 28.0 Å². The van der Waals surface area contributed by atoms with Crippen LogP contribution in [0.15, 0.2) is 12.1 Å². The Kier molecular flexibility index (Phi) is 3.95. The fourth-order valence-electron chi connectivity index (χ4n) is 1.76. The van der Waals surface area contributed by atoms with Gasteiger partial charge in [-0.15, -0.1) is 0 Å². The quantitative estimate of drug-likeness (QED) is 0.903.